The van der Waals surface area contributed by atoms with Crippen LogP contribution in [0.4, 0.5) is 0 Å². The molecule has 2 aliphatic rings. The van der Waals surface area contributed by atoms with Crippen LogP contribution < -0.4 is 5.32 Å². The van der Waals surface area contributed by atoms with Gasteiger partial charge in [-0.3, -0.25) is 4.79 Å². The van der Waals surface area contributed by atoms with Crippen molar-refractivity contribution in [2.75, 3.05) is 32.8 Å². The Morgan fingerprint density at radius 1 is 1.21 bits per heavy atom. The van der Waals surface area contributed by atoms with Crippen molar-refractivity contribution < 1.29 is 9.53 Å². The van der Waals surface area contributed by atoms with Crippen LogP contribution in [0, 0.1) is 5.41 Å². The summed E-state index contributed by atoms with van der Waals surface area (Å²) in [5.74, 6) is 0.138. The molecule has 0 aromatic rings. The molecule has 2 rings (SSSR count). The lowest BCUT2D eigenvalue weighted by atomic mass is 9.86. The molecular formula is C15H28N2O2. The van der Waals surface area contributed by atoms with Gasteiger partial charge in [0.25, 0.3) is 0 Å². The van der Waals surface area contributed by atoms with Gasteiger partial charge in [-0.2, -0.15) is 0 Å². The summed E-state index contributed by atoms with van der Waals surface area (Å²) in [6, 6.07) is 0. The predicted molar refractivity (Wildman–Crippen MR) is 76.1 cm³/mol. The average molecular weight is 268 g/mol. The molecule has 0 atom stereocenters. The van der Waals surface area contributed by atoms with Gasteiger partial charge in [0, 0.05) is 12.1 Å². The first-order chi connectivity index (χ1) is 8.91. The van der Waals surface area contributed by atoms with Crippen LogP contribution >= 0.6 is 0 Å². The van der Waals surface area contributed by atoms with Gasteiger partial charge in [0.05, 0.1) is 18.6 Å². The summed E-state index contributed by atoms with van der Waals surface area (Å²) in [5.41, 5.74) is -0.476. The lowest BCUT2D eigenvalue weighted by Gasteiger charge is -2.40. The van der Waals surface area contributed by atoms with Crippen LogP contribution in [-0.2, 0) is 9.53 Å². The largest absolute Gasteiger partial charge is 0.379 e. The second-order valence-electron chi connectivity index (χ2n) is 7.08. The maximum absolute atomic E-state index is 12.3. The molecule has 1 N–H and O–H groups in total. The molecule has 4 nitrogen and oxygen atoms in total. The minimum atomic E-state index is -0.309. The fraction of sp³-hybridized carbons (Fsp3) is 0.933. The first-order valence-corrected chi connectivity index (χ1v) is 7.54. The van der Waals surface area contributed by atoms with Crippen molar-refractivity contribution >= 4 is 5.91 Å². The van der Waals surface area contributed by atoms with E-state index in [0.717, 1.165) is 6.54 Å². The SMILES string of the molecule is CC(C)(CN1CCCCCC1)NC(=O)C1(C)COC1. The lowest BCUT2D eigenvalue weighted by molar-refractivity contribution is -0.159. The predicted octanol–water partition coefficient (Wildman–Crippen LogP) is 1.79. The summed E-state index contributed by atoms with van der Waals surface area (Å²) < 4.78 is 5.17. The summed E-state index contributed by atoms with van der Waals surface area (Å²) in [5, 5.41) is 3.21. The smallest absolute Gasteiger partial charge is 0.231 e. The first kappa shape index (κ1) is 14.8. The number of nitrogens with one attached hydrogen (secondary N) is 1. The van der Waals surface area contributed by atoms with Gasteiger partial charge in [-0.15, -0.1) is 0 Å². The maximum atomic E-state index is 12.3. The van der Waals surface area contributed by atoms with Crippen LogP contribution in [0.1, 0.15) is 46.5 Å². The fourth-order valence-electron chi connectivity index (χ4n) is 2.89. The van der Waals surface area contributed by atoms with Gasteiger partial charge in [-0.05, 0) is 46.7 Å². The van der Waals surface area contributed by atoms with Crippen molar-refractivity contribution in [3.8, 4) is 0 Å². The van der Waals surface area contributed by atoms with Crippen LogP contribution in [0.15, 0.2) is 0 Å². The molecule has 2 heterocycles. The molecule has 4 heteroatoms. The molecule has 0 unspecified atom stereocenters. The lowest BCUT2D eigenvalue weighted by Crippen LogP contribution is -2.59. The van der Waals surface area contributed by atoms with Crippen molar-refractivity contribution in [1.29, 1.82) is 0 Å². The van der Waals surface area contributed by atoms with Crippen LogP contribution in [0.5, 0.6) is 0 Å². The van der Waals surface area contributed by atoms with Gasteiger partial charge in [0.2, 0.25) is 5.91 Å². The summed E-state index contributed by atoms with van der Waals surface area (Å²) in [6.45, 7) is 10.6. The standard InChI is InChI=1S/C15H28N2O2/c1-14(2,10-17-8-6-4-5-7-9-17)16-13(18)15(3)11-19-12-15/h4-12H2,1-3H3,(H,16,18). The Morgan fingerprint density at radius 2 is 1.79 bits per heavy atom. The Kier molecular flexibility index (Phi) is 4.51. The van der Waals surface area contributed by atoms with Crippen LogP contribution in [0.3, 0.4) is 0 Å². The van der Waals surface area contributed by atoms with Crippen molar-refractivity contribution in [3.63, 3.8) is 0 Å². The normalized spacial score (nSPS) is 24.4. The molecule has 0 spiro atoms. The van der Waals surface area contributed by atoms with Gasteiger partial charge in [-0.1, -0.05) is 12.8 Å². The van der Waals surface area contributed by atoms with Crippen molar-refractivity contribution in [1.82, 2.24) is 10.2 Å². The molecule has 0 radical (unpaired) electrons. The van der Waals surface area contributed by atoms with Crippen LogP contribution in [0.25, 0.3) is 0 Å². The Morgan fingerprint density at radius 3 is 2.26 bits per heavy atom. The van der Waals surface area contributed by atoms with Crippen molar-refractivity contribution in [2.24, 2.45) is 5.41 Å². The molecule has 2 fully saturated rings. The molecule has 110 valence electrons. The van der Waals surface area contributed by atoms with Gasteiger partial charge in [0.15, 0.2) is 0 Å². The van der Waals surface area contributed by atoms with E-state index >= 15 is 0 Å². The maximum Gasteiger partial charge on any atom is 0.231 e. The van der Waals surface area contributed by atoms with Crippen LogP contribution in [0.2, 0.25) is 0 Å². The second kappa shape index (κ2) is 5.80. The second-order valence-corrected chi connectivity index (χ2v) is 7.08. The number of carbonyl (C=O) groups excluding carboxylic acids is 1. The first-order valence-electron chi connectivity index (χ1n) is 7.54. The van der Waals surface area contributed by atoms with Crippen molar-refractivity contribution in [3.05, 3.63) is 0 Å². The topological polar surface area (TPSA) is 41.6 Å². The zero-order chi connectivity index (χ0) is 13.9. The van der Waals surface area contributed by atoms with E-state index < -0.39 is 0 Å². The molecule has 2 aliphatic heterocycles. The van der Waals surface area contributed by atoms with E-state index in [1.165, 1.54) is 38.8 Å². The van der Waals surface area contributed by atoms with Gasteiger partial charge in [-0.25, -0.2) is 0 Å². The number of ether oxygens (including phenoxy) is 1. The number of rotatable bonds is 4. The van der Waals surface area contributed by atoms with E-state index in [4.69, 9.17) is 4.74 Å². The molecule has 1 amide bonds. The van der Waals surface area contributed by atoms with Crippen molar-refractivity contribution in [2.45, 2.75) is 52.0 Å². The third kappa shape index (κ3) is 3.93. The summed E-state index contributed by atoms with van der Waals surface area (Å²) in [4.78, 5) is 14.8. The Hall–Kier alpha value is -0.610. The Balaban J connectivity index is 1.84. The third-order valence-corrected chi connectivity index (χ3v) is 4.16. The minimum absolute atomic E-state index is 0.138. The molecule has 2 saturated heterocycles. The molecule has 0 aromatic carbocycles. The van der Waals surface area contributed by atoms with Gasteiger partial charge < -0.3 is 15.0 Å². The molecule has 0 aliphatic carbocycles. The highest BCUT2D eigenvalue weighted by Crippen LogP contribution is 2.27. The van der Waals surface area contributed by atoms with E-state index in [-0.39, 0.29) is 16.9 Å². The average Bonchev–Trinajstić information content (AvgIpc) is 2.53. The minimum Gasteiger partial charge on any atom is -0.379 e. The Labute approximate surface area is 116 Å². The monoisotopic (exact) mass is 268 g/mol. The van der Waals surface area contributed by atoms with E-state index in [2.05, 4.69) is 24.1 Å². The highest BCUT2D eigenvalue weighted by Gasteiger charge is 2.42. The number of hydrogen-bond donors (Lipinski definition) is 1. The van der Waals surface area contributed by atoms with Gasteiger partial charge >= 0.3 is 0 Å². The fourth-order valence-corrected chi connectivity index (χ4v) is 2.89. The summed E-state index contributed by atoms with van der Waals surface area (Å²) in [7, 11) is 0. The van der Waals surface area contributed by atoms with Crippen LogP contribution in [-0.4, -0.2) is 49.2 Å². The van der Waals surface area contributed by atoms with E-state index in [0.29, 0.717) is 13.2 Å². The quantitative estimate of drug-likeness (QED) is 0.845. The molecule has 19 heavy (non-hydrogen) atoms. The number of hydrogen-bond acceptors (Lipinski definition) is 3. The zero-order valence-electron chi connectivity index (χ0n) is 12.6. The molecule has 0 bridgehead atoms. The van der Waals surface area contributed by atoms with E-state index in [9.17, 15) is 4.79 Å². The number of amides is 1. The van der Waals surface area contributed by atoms with E-state index in [1.807, 2.05) is 6.92 Å². The molecular weight excluding hydrogens is 240 g/mol. The number of likely N-dealkylation sites (tertiary alicyclic amines) is 1. The van der Waals surface area contributed by atoms with Gasteiger partial charge in [0.1, 0.15) is 0 Å². The number of nitrogens with zero attached hydrogens (tertiary/aromatic N) is 1. The molecule has 0 aromatic heterocycles. The highest BCUT2D eigenvalue weighted by atomic mass is 16.5. The zero-order valence-corrected chi connectivity index (χ0v) is 12.6. The highest BCUT2D eigenvalue weighted by molar-refractivity contribution is 5.83. The van der Waals surface area contributed by atoms with E-state index in [1.54, 1.807) is 0 Å². The molecule has 0 saturated carbocycles. The Bertz CT molecular complexity index is 316. The number of carbonyl (C=O) groups is 1. The summed E-state index contributed by atoms with van der Waals surface area (Å²) in [6.07, 6.45) is 5.27. The summed E-state index contributed by atoms with van der Waals surface area (Å²) >= 11 is 0. The third-order valence-electron chi connectivity index (χ3n) is 4.16.